The van der Waals surface area contributed by atoms with Crippen molar-refractivity contribution in [3.8, 4) is 0 Å². The topological polar surface area (TPSA) is 75.2 Å². The molecular weight excluding hydrogens is 336 g/mol. The van der Waals surface area contributed by atoms with Crippen LogP contribution in [-0.2, 0) is 9.59 Å². The summed E-state index contributed by atoms with van der Waals surface area (Å²) in [6.07, 6.45) is 1.20. The van der Waals surface area contributed by atoms with E-state index in [1.165, 1.54) is 11.3 Å². The van der Waals surface area contributed by atoms with E-state index < -0.39 is 0 Å². The zero-order valence-corrected chi connectivity index (χ0v) is 15.5. The van der Waals surface area contributed by atoms with Crippen LogP contribution in [0.3, 0.4) is 0 Å². The van der Waals surface area contributed by atoms with Crippen LogP contribution in [0.2, 0.25) is 0 Å². The van der Waals surface area contributed by atoms with E-state index in [0.29, 0.717) is 18.1 Å². The van der Waals surface area contributed by atoms with E-state index in [2.05, 4.69) is 15.5 Å². The molecule has 132 valence electrons. The lowest BCUT2D eigenvalue weighted by Crippen LogP contribution is -2.25. The Labute approximate surface area is 151 Å². The summed E-state index contributed by atoms with van der Waals surface area (Å²) in [5, 5.41) is 12.4. The zero-order valence-electron chi connectivity index (χ0n) is 14.7. The van der Waals surface area contributed by atoms with Crippen molar-refractivity contribution in [3.05, 3.63) is 34.8 Å². The molecule has 1 fully saturated rings. The van der Waals surface area contributed by atoms with E-state index in [4.69, 9.17) is 0 Å². The maximum atomic E-state index is 12.4. The van der Waals surface area contributed by atoms with Gasteiger partial charge in [0, 0.05) is 30.5 Å². The zero-order chi connectivity index (χ0) is 18.0. The second-order valence-electron chi connectivity index (χ2n) is 6.44. The van der Waals surface area contributed by atoms with E-state index >= 15 is 0 Å². The second kappa shape index (κ2) is 7.31. The van der Waals surface area contributed by atoms with Gasteiger partial charge in [0.15, 0.2) is 0 Å². The lowest BCUT2D eigenvalue weighted by Gasteiger charge is -2.18. The van der Waals surface area contributed by atoms with Gasteiger partial charge >= 0.3 is 0 Å². The number of anilines is 2. The molecule has 2 heterocycles. The Hall–Kier alpha value is -2.28. The minimum Gasteiger partial charge on any atom is -0.311 e. The Morgan fingerprint density at radius 2 is 2.16 bits per heavy atom. The van der Waals surface area contributed by atoms with Crippen LogP contribution in [0.4, 0.5) is 10.8 Å². The van der Waals surface area contributed by atoms with Gasteiger partial charge in [0.1, 0.15) is 5.01 Å². The van der Waals surface area contributed by atoms with Crippen molar-refractivity contribution in [2.24, 2.45) is 5.92 Å². The molecule has 1 aromatic carbocycles. The molecule has 1 N–H and O–H groups in total. The Morgan fingerprint density at radius 1 is 1.40 bits per heavy atom. The first kappa shape index (κ1) is 17.5. The fourth-order valence-electron chi connectivity index (χ4n) is 2.84. The smallest absolute Gasteiger partial charge is 0.229 e. The molecule has 3 rings (SSSR count). The SMILES string of the molecule is CCC(C)C(=O)Nc1nnc(C2CC(=O)N(c3ccccc3C)C2)s1. The summed E-state index contributed by atoms with van der Waals surface area (Å²) in [7, 11) is 0. The van der Waals surface area contributed by atoms with Gasteiger partial charge in [-0.2, -0.15) is 0 Å². The maximum Gasteiger partial charge on any atom is 0.229 e. The molecular formula is C18H22N4O2S. The van der Waals surface area contributed by atoms with Gasteiger partial charge in [0.25, 0.3) is 0 Å². The van der Waals surface area contributed by atoms with Crippen molar-refractivity contribution in [1.29, 1.82) is 0 Å². The average molecular weight is 358 g/mol. The molecule has 1 saturated heterocycles. The first-order valence-electron chi connectivity index (χ1n) is 8.49. The first-order valence-corrected chi connectivity index (χ1v) is 9.31. The molecule has 2 amide bonds. The molecule has 2 unspecified atom stereocenters. The standard InChI is InChI=1S/C18H22N4O2S/c1-4-11(2)16(24)19-18-21-20-17(25-18)13-9-15(23)22(10-13)14-8-6-5-7-12(14)3/h5-8,11,13H,4,9-10H2,1-3H3,(H,19,21,24). The highest BCUT2D eigenvalue weighted by molar-refractivity contribution is 7.15. The lowest BCUT2D eigenvalue weighted by atomic mass is 10.1. The van der Waals surface area contributed by atoms with Crippen LogP contribution in [0.1, 0.15) is 43.2 Å². The molecule has 0 spiro atoms. The highest BCUT2D eigenvalue weighted by Crippen LogP contribution is 2.35. The fourth-order valence-corrected chi connectivity index (χ4v) is 3.67. The maximum absolute atomic E-state index is 12.4. The van der Waals surface area contributed by atoms with Crippen molar-refractivity contribution in [3.63, 3.8) is 0 Å². The minimum absolute atomic E-state index is 0.0128. The van der Waals surface area contributed by atoms with Crippen molar-refractivity contribution in [1.82, 2.24) is 10.2 Å². The summed E-state index contributed by atoms with van der Waals surface area (Å²) >= 11 is 1.36. The van der Waals surface area contributed by atoms with E-state index in [9.17, 15) is 9.59 Å². The van der Waals surface area contributed by atoms with Crippen LogP contribution in [0, 0.1) is 12.8 Å². The Morgan fingerprint density at radius 3 is 2.88 bits per heavy atom. The number of carbonyl (C=O) groups is 2. The molecule has 2 aromatic rings. The summed E-state index contributed by atoms with van der Waals surface area (Å²) in [4.78, 5) is 26.2. The predicted molar refractivity (Wildman–Crippen MR) is 98.9 cm³/mol. The van der Waals surface area contributed by atoms with E-state index in [1.54, 1.807) is 0 Å². The molecule has 1 aliphatic heterocycles. The van der Waals surface area contributed by atoms with Gasteiger partial charge in [-0.05, 0) is 25.0 Å². The highest BCUT2D eigenvalue weighted by Gasteiger charge is 2.34. The summed E-state index contributed by atoms with van der Waals surface area (Å²) < 4.78 is 0. The van der Waals surface area contributed by atoms with E-state index in [-0.39, 0.29) is 23.7 Å². The van der Waals surface area contributed by atoms with Crippen LogP contribution in [0.15, 0.2) is 24.3 Å². The molecule has 0 aliphatic carbocycles. The highest BCUT2D eigenvalue weighted by atomic mass is 32.1. The number of hydrogen-bond acceptors (Lipinski definition) is 5. The number of benzene rings is 1. The minimum atomic E-state index is -0.0584. The molecule has 0 radical (unpaired) electrons. The number of hydrogen-bond donors (Lipinski definition) is 1. The summed E-state index contributed by atoms with van der Waals surface area (Å²) in [5.41, 5.74) is 2.03. The lowest BCUT2D eigenvalue weighted by molar-refractivity contribution is -0.119. The van der Waals surface area contributed by atoms with Crippen molar-refractivity contribution < 1.29 is 9.59 Å². The third-order valence-electron chi connectivity index (χ3n) is 4.61. The van der Waals surface area contributed by atoms with Crippen molar-refractivity contribution >= 4 is 34.0 Å². The van der Waals surface area contributed by atoms with Crippen LogP contribution in [-0.4, -0.2) is 28.6 Å². The third-order valence-corrected chi connectivity index (χ3v) is 5.61. The summed E-state index contributed by atoms with van der Waals surface area (Å²) in [6, 6.07) is 7.88. The van der Waals surface area contributed by atoms with Gasteiger partial charge in [-0.15, -0.1) is 10.2 Å². The Balaban J connectivity index is 1.71. The van der Waals surface area contributed by atoms with Crippen molar-refractivity contribution in [2.45, 2.75) is 39.5 Å². The van der Waals surface area contributed by atoms with Gasteiger partial charge in [-0.1, -0.05) is 43.4 Å². The Kier molecular flexibility index (Phi) is 5.13. The van der Waals surface area contributed by atoms with Crippen LogP contribution >= 0.6 is 11.3 Å². The van der Waals surface area contributed by atoms with E-state index in [0.717, 1.165) is 22.7 Å². The molecule has 1 aliphatic rings. The Bertz CT molecular complexity index is 789. The number of amides is 2. The van der Waals surface area contributed by atoms with Gasteiger partial charge in [-0.25, -0.2) is 0 Å². The fraction of sp³-hybridized carbons (Fsp3) is 0.444. The monoisotopic (exact) mass is 358 g/mol. The summed E-state index contributed by atoms with van der Waals surface area (Å²) in [5.74, 6) is 0.00439. The number of nitrogens with one attached hydrogen (secondary N) is 1. The van der Waals surface area contributed by atoms with E-state index in [1.807, 2.05) is 49.9 Å². The molecule has 0 saturated carbocycles. The van der Waals surface area contributed by atoms with Crippen LogP contribution in [0.25, 0.3) is 0 Å². The number of nitrogens with zero attached hydrogens (tertiary/aromatic N) is 3. The van der Waals surface area contributed by atoms with Gasteiger partial charge in [0.05, 0.1) is 0 Å². The first-order chi connectivity index (χ1) is 12.0. The number of carbonyl (C=O) groups excluding carboxylic acids is 2. The van der Waals surface area contributed by atoms with Gasteiger partial charge in [0.2, 0.25) is 16.9 Å². The summed E-state index contributed by atoms with van der Waals surface area (Å²) in [6.45, 7) is 6.45. The molecule has 0 bridgehead atoms. The largest absolute Gasteiger partial charge is 0.311 e. The third kappa shape index (κ3) is 3.71. The molecule has 1 aromatic heterocycles. The van der Waals surface area contributed by atoms with Gasteiger partial charge < -0.3 is 10.2 Å². The van der Waals surface area contributed by atoms with Crippen molar-refractivity contribution in [2.75, 3.05) is 16.8 Å². The second-order valence-corrected chi connectivity index (χ2v) is 7.44. The molecule has 25 heavy (non-hydrogen) atoms. The molecule has 2 atom stereocenters. The van der Waals surface area contributed by atoms with Gasteiger partial charge in [-0.3, -0.25) is 9.59 Å². The predicted octanol–water partition coefficient (Wildman–Crippen LogP) is 3.35. The number of para-hydroxylation sites is 1. The normalized spacial score (nSPS) is 18.4. The number of aryl methyl sites for hydroxylation is 1. The quantitative estimate of drug-likeness (QED) is 0.889. The average Bonchev–Trinajstić information content (AvgIpc) is 3.21. The molecule has 7 heteroatoms. The molecule has 6 nitrogen and oxygen atoms in total. The van der Waals surface area contributed by atoms with Crippen LogP contribution < -0.4 is 10.2 Å². The van der Waals surface area contributed by atoms with Crippen LogP contribution in [0.5, 0.6) is 0 Å². The number of rotatable bonds is 5. The number of aromatic nitrogens is 2.